The zero-order valence-corrected chi connectivity index (χ0v) is 60.6. The Labute approximate surface area is 559 Å². The molecule has 0 bridgehead atoms. The molecule has 3 saturated carbocycles. The van der Waals surface area contributed by atoms with Crippen molar-refractivity contribution in [1.82, 2.24) is 0 Å². The van der Waals surface area contributed by atoms with Gasteiger partial charge in [0.15, 0.2) is 0 Å². The molecule has 6 unspecified atom stereocenters. The van der Waals surface area contributed by atoms with Crippen LogP contribution in [0.5, 0.6) is 0 Å². The van der Waals surface area contributed by atoms with E-state index in [4.69, 9.17) is 55.9 Å². The molecule has 520 valence electrons. The summed E-state index contributed by atoms with van der Waals surface area (Å²) in [5.74, 6) is 2.05. The minimum absolute atomic E-state index is 0.0362. The van der Waals surface area contributed by atoms with Gasteiger partial charge in [0, 0.05) is 6.42 Å². The lowest BCUT2D eigenvalue weighted by atomic mass is 9.65. The minimum Gasteiger partial charge on any atom is -0.408 e. The third kappa shape index (κ3) is 39.9. The molecule has 6 saturated heterocycles. The largest absolute Gasteiger partial charge is 0.517 e. The average Bonchev–Trinajstić information content (AvgIpc) is 3.88. The van der Waals surface area contributed by atoms with Crippen LogP contribution in [-0.2, 0) is 55.9 Å². The maximum Gasteiger partial charge on any atom is 0.517 e. The zero-order valence-electron chi connectivity index (χ0n) is 60.6. The van der Waals surface area contributed by atoms with Gasteiger partial charge in [0.25, 0.3) is 0 Å². The molecule has 0 spiro atoms. The molecule has 0 N–H and O–H groups in total. The SMILES string of the molecule is CC1COB(C2CCCCC2)O1.CC1COB(C2CCCCC2)O1.CCCB1OCC(C)O1.CCCCCCCCCCC1COB(C2CCCCC2)O1.CCCCCCCCCCC1COB(CCC)O1.CCCCCCCCCCC1[CH+]OB(CCC)O1. The molecule has 9 aliphatic rings. The summed E-state index contributed by atoms with van der Waals surface area (Å²) in [4.78, 5) is 0. The van der Waals surface area contributed by atoms with E-state index < -0.39 is 0 Å². The summed E-state index contributed by atoms with van der Waals surface area (Å²) in [5, 5.41) is 0. The van der Waals surface area contributed by atoms with Gasteiger partial charge < -0.3 is 51.2 Å². The highest BCUT2D eigenvalue weighted by Crippen LogP contribution is 2.37. The van der Waals surface area contributed by atoms with Gasteiger partial charge in [0.2, 0.25) is 12.7 Å². The van der Waals surface area contributed by atoms with E-state index in [0.29, 0.717) is 48.0 Å². The Bertz CT molecular complexity index is 1490. The molecular formula is C72H143B6O12+. The fraction of sp³-hybridized carbons (Fsp3) is 0.986. The van der Waals surface area contributed by atoms with Crippen molar-refractivity contribution in [3.05, 3.63) is 6.61 Å². The average molecular weight is 1270 g/mol. The van der Waals surface area contributed by atoms with E-state index in [9.17, 15) is 0 Å². The Balaban J connectivity index is 0.000000235. The van der Waals surface area contributed by atoms with Crippen molar-refractivity contribution in [1.29, 1.82) is 0 Å². The predicted octanol–water partition coefficient (Wildman–Crippen LogP) is 21.4. The Morgan fingerprint density at radius 2 is 0.611 bits per heavy atom. The molecule has 12 nitrogen and oxygen atoms in total. The highest BCUT2D eigenvalue weighted by Gasteiger charge is 2.41. The van der Waals surface area contributed by atoms with Gasteiger partial charge in [-0.1, -0.05) is 305 Å². The van der Waals surface area contributed by atoms with Crippen molar-refractivity contribution in [3.63, 3.8) is 0 Å². The molecule has 9 fully saturated rings. The van der Waals surface area contributed by atoms with Gasteiger partial charge in [-0.2, -0.15) is 0 Å². The van der Waals surface area contributed by atoms with E-state index in [0.717, 1.165) is 77.7 Å². The number of hydrogen-bond acceptors (Lipinski definition) is 12. The van der Waals surface area contributed by atoms with Gasteiger partial charge in [0.1, 0.15) is 0 Å². The van der Waals surface area contributed by atoms with Crippen molar-refractivity contribution in [2.75, 3.05) is 33.0 Å². The van der Waals surface area contributed by atoms with Gasteiger partial charge in [-0.25, -0.2) is 4.65 Å². The Hall–Kier alpha value is -0.220. The number of hydrogen-bond donors (Lipinski definition) is 0. The molecule has 18 heteroatoms. The smallest absolute Gasteiger partial charge is 0.408 e. The Kier molecular flexibility index (Phi) is 50.9. The van der Waals surface area contributed by atoms with Crippen LogP contribution in [0.15, 0.2) is 0 Å². The molecule has 6 aliphatic heterocycles. The third-order valence-electron chi connectivity index (χ3n) is 19.7. The zero-order chi connectivity index (χ0) is 64.3. The minimum atomic E-state index is 0.0362. The van der Waals surface area contributed by atoms with Crippen molar-refractivity contribution >= 4 is 42.7 Å². The summed E-state index contributed by atoms with van der Waals surface area (Å²) in [5.41, 5.74) is 0. The monoisotopic (exact) mass is 1270 g/mol. The second-order valence-electron chi connectivity index (χ2n) is 28.7. The van der Waals surface area contributed by atoms with Gasteiger partial charge >= 0.3 is 42.7 Å². The lowest BCUT2D eigenvalue weighted by molar-refractivity contribution is 0.213. The fourth-order valence-corrected chi connectivity index (χ4v) is 14.1. The second-order valence-corrected chi connectivity index (χ2v) is 28.7. The molecule has 9 rings (SSSR count). The third-order valence-corrected chi connectivity index (χ3v) is 19.7. The van der Waals surface area contributed by atoms with E-state index in [1.54, 1.807) is 0 Å². The normalized spacial score (nSPS) is 24.8. The molecular weight excluding hydrogens is 1120 g/mol. The Morgan fingerprint density at radius 3 is 1.00 bits per heavy atom. The van der Waals surface area contributed by atoms with E-state index in [1.165, 1.54) is 263 Å². The highest BCUT2D eigenvalue weighted by atomic mass is 16.7. The maximum atomic E-state index is 6.14. The molecule has 0 amide bonds. The number of unbranched alkanes of at least 4 members (excludes halogenated alkanes) is 21. The molecule has 6 atom stereocenters. The first-order valence-corrected chi connectivity index (χ1v) is 39.7. The highest BCUT2D eigenvalue weighted by molar-refractivity contribution is 6.48. The van der Waals surface area contributed by atoms with Gasteiger partial charge in [-0.05, 0) is 76.4 Å². The van der Waals surface area contributed by atoms with Crippen LogP contribution in [0, 0.1) is 6.61 Å². The quantitative estimate of drug-likeness (QED) is 0.0338. The van der Waals surface area contributed by atoms with Crippen LogP contribution in [0.3, 0.4) is 0 Å². The van der Waals surface area contributed by atoms with E-state index in [1.807, 2.05) is 13.5 Å². The van der Waals surface area contributed by atoms with E-state index in [2.05, 4.69) is 55.4 Å². The molecule has 3 aliphatic carbocycles. The number of rotatable bonds is 36. The van der Waals surface area contributed by atoms with Crippen LogP contribution < -0.4 is 0 Å². The summed E-state index contributed by atoms with van der Waals surface area (Å²) in [6, 6.07) is 0. The molecule has 0 radical (unpaired) electrons. The molecule has 90 heavy (non-hydrogen) atoms. The van der Waals surface area contributed by atoms with Crippen molar-refractivity contribution in [3.8, 4) is 0 Å². The summed E-state index contributed by atoms with van der Waals surface area (Å²) in [6.07, 6.45) is 65.5. The summed E-state index contributed by atoms with van der Waals surface area (Å²) >= 11 is 0. The lowest BCUT2D eigenvalue weighted by Crippen LogP contribution is -2.25. The van der Waals surface area contributed by atoms with Gasteiger partial charge in [0.05, 0.1) is 63.6 Å². The van der Waals surface area contributed by atoms with Crippen LogP contribution in [0.2, 0.25) is 36.4 Å². The predicted molar refractivity (Wildman–Crippen MR) is 383 cm³/mol. The second kappa shape index (κ2) is 55.7. The topological polar surface area (TPSA) is 111 Å². The van der Waals surface area contributed by atoms with E-state index in [-0.39, 0.29) is 48.8 Å². The first kappa shape index (κ1) is 82.2. The fourth-order valence-electron chi connectivity index (χ4n) is 14.1. The maximum absolute atomic E-state index is 6.14. The van der Waals surface area contributed by atoms with Gasteiger partial charge in [-0.15, -0.1) is 0 Å². The van der Waals surface area contributed by atoms with Crippen molar-refractivity contribution in [2.45, 2.75) is 424 Å². The standard InChI is InChI=1S/C18H35BO2.C15H31BO2.C15H30BO2.2C9H17BO2.C6H13BO2/c1-2-3-4-5-6-7-8-12-15-18-16-20-19(21-18)17-13-10-9-11-14-17;2*1-3-5-6-7-8-9-10-11-12-15-14-17-16(18-15)13-4-2;2*1-8-7-11-10(12-8)9-5-3-2-4-6-9;1-3-4-7-8-5-6(2)9-7/h17-18H,2-16H2,1H3;15H,3-14H2,1-2H3;14-15H,3-13H2,1-2H3;2*8-9H,2-7H2,1H3;6H,3-5H2,1-2H3/q;;+1;;;. The summed E-state index contributed by atoms with van der Waals surface area (Å²) in [7, 11) is 0.595. The van der Waals surface area contributed by atoms with E-state index >= 15 is 0 Å². The van der Waals surface area contributed by atoms with Crippen LogP contribution in [0.25, 0.3) is 0 Å². The molecule has 0 aromatic heterocycles. The summed E-state index contributed by atoms with van der Waals surface area (Å²) < 4.78 is 67.9. The van der Waals surface area contributed by atoms with Crippen molar-refractivity contribution < 1.29 is 55.9 Å². The van der Waals surface area contributed by atoms with Gasteiger partial charge in [-0.3, -0.25) is 0 Å². The molecule has 6 heterocycles. The van der Waals surface area contributed by atoms with Crippen LogP contribution in [-0.4, -0.2) is 112 Å². The van der Waals surface area contributed by atoms with Crippen LogP contribution in [0.4, 0.5) is 0 Å². The van der Waals surface area contributed by atoms with Crippen LogP contribution in [0.1, 0.15) is 351 Å². The first-order chi connectivity index (χ1) is 44.2. The first-order valence-electron chi connectivity index (χ1n) is 39.7. The Morgan fingerprint density at radius 1 is 0.289 bits per heavy atom. The summed E-state index contributed by atoms with van der Waals surface area (Å²) in [6.45, 7) is 25.4. The van der Waals surface area contributed by atoms with Crippen molar-refractivity contribution in [2.24, 2.45) is 0 Å². The molecule has 0 aromatic carbocycles. The molecule has 0 aromatic rings. The lowest BCUT2D eigenvalue weighted by Gasteiger charge is -2.22. The van der Waals surface area contributed by atoms with Crippen LogP contribution >= 0.6 is 0 Å².